The van der Waals surface area contributed by atoms with Crippen LogP contribution < -0.4 is 5.32 Å². The average molecular weight is 171 g/mol. The van der Waals surface area contributed by atoms with Crippen molar-refractivity contribution in [3.05, 3.63) is 11.6 Å². The molecular weight excluding hydrogens is 158 g/mol. The minimum absolute atomic E-state index is 0.101. The topological polar surface area (TPSA) is 66.4 Å². The molecule has 0 unspecified atom stereocenters. The Labute approximate surface area is 71.3 Å². The summed E-state index contributed by atoms with van der Waals surface area (Å²) in [5.74, 6) is -1.02. The maximum atomic E-state index is 10.4. The number of nitrogens with one attached hydrogen (secondary N) is 1. The molecule has 0 aliphatic carbocycles. The van der Waals surface area contributed by atoms with E-state index in [0.717, 1.165) is 0 Å². The average Bonchev–Trinajstić information content (AvgIpc) is 1.97. The van der Waals surface area contributed by atoms with E-state index < -0.39 is 5.97 Å². The summed E-state index contributed by atoms with van der Waals surface area (Å²) in [5.41, 5.74) is 0.306. The number of hydrogen-bond acceptors (Lipinski definition) is 2. The second-order valence-electron chi connectivity index (χ2n) is 2.46. The first-order chi connectivity index (χ1) is 5.54. The van der Waals surface area contributed by atoms with Crippen LogP contribution in [-0.2, 0) is 9.59 Å². The van der Waals surface area contributed by atoms with Gasteiger partial charge in [0.1, 0.15) is 0 Å². The van der Waals surface area contributed by atoms with Gasteiger partial charge in [-0.05, 0) is 13.3 Å². The van der Waals surface area contributed by atoms with Gasteiger partial charge in [0.2, 0.25) is 5.91 Å². The molecule has 0 aliphatic rings. The van der Waals surface area contributed by atoms with Gasteiger partial charge < -0.3 is 10.4 Å². The van der Waals surface area contributed by atoms with Gasteiger partial charge in [-0.15, -0.1) is 0 Å². The molecule has 0 fully saturated rings. The molecule has 0 bridgehead atoms. The van der Waals surface area contributed by atoms with E-state index in [-0.39, 0.29) is 5.91 Å². The van der Waals surface area contributed by atoms with Gasteiger partial charge in [0.25, 0.3) is 0 Å². The maximum absolute atomic E-state index is 10.4. The highest BCUT2D eigenvalue weighted by Crippen LogP contribution is 1.93. The van der Waals surface area contributed by atoms with Gasteiger partial charge in [-0.2, -0.15) is 0 Å². The summed E-state index contributed by atoms with van der Waals surface area (Å²) >= 11 is 0. The number of rotatable bonds is 4. The lowest BCUT2D eigenvalue weighted by atomic mass is 10.2. The van der Waals surface area contributed by atoms with Gasteiger partial charge in [-0.25, -0.2) is 4.79 Å². The van der Waals surface area contributed by atoms with Crippen LogP contribution in [0.25, 0.3) is 0 Å². The monoisotopic (exact) mass is 171 g/mol. The molecule has 0 saturated carbocycles. The maximum Gasteiger partial charge on any atom is 0.330 e. The van der Waals surface area contributed by atoms with E-state index in [1.54, 1.807) is 6.08 Å². The van der Waals surface area contributed by atoms with Crippen LogP contribution in [0.5, 0.6) is 0 Å². The third-order valence-electron chi connectivity index (χ3n) is 1.31. The number of carboxylic acids is 1. The van der Waals surface area contributed by atoms with Crippen molar-refractivity contribution in [2.24, 2.45) is 0 Å². The SMILES string of the molecule is CC(=O)NCC/C=C(\C)C(=O)O. The molecule has 2 N–H and O–H groups in total. The highest BCUT2D eigenvalue weighted by atomic mass is 16.4. The van der Waals surface area contributed by atoms with Gasteiger partial charge in [-0.3, -0.25) is 4.79 Å². The number of carbonyl (C=O) groups excluding carboxylic acids is 1. The molecule has 4 heteroatoms. The fraction of sp³-hybridized carbons (Fsp3) is 0.500. The molecule has 0 aromatic carbocycles. The summed E-state index contributed by atoms with van der Waals surface area (Å²) in [4.78, 5) is 20.6. The summed E-state index contributed by atoms with van der Waals surface area (Å²) in [6, 6.07) is 0. The molecule has 0 aromatic rings. The van der Waals surface area contributed by atoms with Crippen molar-refractivity contribution < 1.29 is 14.7 Å². The van der Waals surface area contributed by atoms with Crippen molar-refractivity contribution in [2.45, 2.75) is 20.3 Å². The molecule has 12 heavy (non-hydrogen) atoms. The highest BCUT2D eigenvalue weighted by molar-refractivity contribution is 5.85. The van der Waals surface area contributed by atoms with Crippen LogP contribution in [0.1, 0.15) is 20.3 Å². The first-order valence-corrected chi connectivity index (χ1v) is 3.68. The quantitative estimate of drug-likeness (QED) is 0.479. The molecule has 0 spiro atoms. The zero-order chi connectivity index (χ0) is 9.56. The summed E-state index contributed by atoms with van der Waals surface area (Å²) in [6.45, 7) is 3.43. The lowest BCUT2D eigenvalue weighted by molar-refractivity contribution is -0.132. The van der Waals surface area contributed by atoms with Crippen LogP contribution in [0.3, 0.4) is 0 Å². The van der Waals surface area contributed by atoms with Gasteiger partial charge in [-0.1, -0.05) is 6.08 Å². The van der Waals surface area contributed by atoms with Gasteiger partial charge in [0.05, 0.1) is 0 Å². The Hall–Kier alpha value is -1.32. The molecule has 0 aliphatic heterocycles. The fourth-order valence-corrected chi connectivity index (χ4v) is 0.624. The van der Waals surface area contributed by atoms with Crippen molar-refractivity contribution in [1.29, 1.82) is 0 Å². The largest absolute Gasteiger partial charge is 0.478 e. The number of carbonyl (C=O) groups is 2. The molecule has 68 valence electrons. The second kappa shape index (κ2) is 5.35. The first kappa shape index (κ1) is 10.7. The Bertz CT molecular complexity index is 208. The van der Waals surface area contributed by atoms with Crippen molar-refractivity contribution in [3.8, 4) is 0 Å². The summed E-state index contributed by atoms with van der Waals surface area (Å²) in [6.07, 6.45) is 2.13. The van der Waals surface area contributed by atoms with E-state index in [9.17, 15) is 9.59 Å². The summed E-state index contributed by atoms with van der Waals surface area (Å²) in [7, 11) is 0. The molecule has 0 rings (SSSR count). The predicted molar refractivity (Wildman–Crippen MR) is 44.7 cm³/mol. The van der Waals surface area contributed by atoms with Crippen molar-refractivity contribution >= 4 is 11.9 Å². The summed E-state index contributed by atoms with van der Waals surface area (Å²) in [5, 5.41) is 11.0. The van der Waals surface area contributed by atoms with Gasteiger partial charge in [0.15, 0.2) is 0 Å². The van der Waals surface area contributed by atoms with Crippen molar-refractivity contribution in [1.82, 2.24) is 5.32 Å². The molecule has 0 aromatic heterocycles. The molecule has 1 amide bonds. The van der Waals surface area contributed by atoms with Crippen LogP contribution in [0, 0.1) is 0 Å². The Kier molecular flexibility index (Phi) is 4.76. The van der Waals surface area contributed by atoms with Crippen LogP contribution in [-0.4, -0.2) is 23.5 Å². The van der Waals surface area contributed by atoms with E-state index in [4.69, 9.17) is 5.11 Å². The van der Waals surface area contributed by atoms with Crippen molar-refractivity contribution in [3.63, 3.8) is 0 Å². The second-order valence-corrected chi connectivity index (χ2v) is 2.46. The Morgan fingerprint density at radius 1 is 1.42 bits per heavy atom. The fourth-order valence-electron chi connectivity index (χ4n) is 0.624. The molecule has 0 saturated heterocycles. The molecule has 4 nitrogen and oxygen atoms in total. The van der Waals surface area contributed by atoms with E-state index in [0.29, 0.717) is 18.5 Å². The zero-order valence-corrected chi connectivity index (χ0v) is 7.26. The smallest absolute Gasteiger partial charge is 0.330 e. The normalized spacial score (nSPS) is 11.0. The Morgan fingerprint density at radius 3 is 2.42 bits per heavy atom. The molecule has 0 heterocycles. The van der Waals surface area contributed by atoms with Gasteiger partial charge in [0, 0.05) is 19.0 Å². The van der Waals surface area contributed by atoms with Crippen LogP contribution in [0.4, 0.5) is 0 Å². The number of amides is 1. The standard InChI is InChI=1S/C8H13NO3/c1-6(8(11)12)4-3-5-9-7(2)10/h4H,3,5H2,1-2H3,(H,9,10)(H,11,12)/b6-4+. The van der Waals surface area contributed by atoms with Crippen LogP contribution >= 0.6 is 0 Å². The Balaban J connectivity index is 3.60. The summed E-state index contributed by atoms with van der Waals surface area (Å²) < 4.78 is 0. The molecule has 0 atom stereocenters. The Morgan fingerprint density at radius 2 is 2.00 bits per heavy atom. The number of aliphatic carboxylic acids is 1. The third-order valence-corrected chi connectivity index (χ3v) is 1.31. The van der Waals surface area contributed by atoms with E-state index in [2.05, 4.69) is 5.32 Å². The number of carboxylic acid groups (broad SMARTS) is 1. The van der Waals surface area contributed by atoms with Crippen molar-refractivity contribution in [2.75, 3.05) is 6.54 Å². The van der Waals surface area contributed by atoms with E-state index >= 15 is 0 Å². The first-order valence-electron chi connectivity index (χ1n) is 3.68. The highest BCUT2D eigenvalue weighted by Gasteiger charge is 1.97. The van der Waals surface area contributed by atoms with E-state index in [1.165, 1.54) is 13.8 Å². The minimum atomic E-state index is -0.919. The van der Waals surface area contributed by atoms with Crippen LogP contribution in [0.2, 0.25) is 0 Å². The van der Waals surface area contributed by atoms with Gasteiger partial charge >= 0.3 is 5.97 Å². The molecule has 0 radical (unpaired) electrons. The van der Waals surface area contributed by atoms with E-state index in [1.807, 2.05) is 0 Å². The predicted octanol–water partition coefficient (Wildman–Crippen LogP) is 0.544. The minimum Gasteiger partial charge on any atom is -0.478 e. The third kappa shape index (κ3) is 5.46. The molecular formula is C8H13NO3. The van der Waals surface area contributed by atoms with Crippen LogP contribution in [0.15, 0.2) is 11.6 Å². The lowest BCUT2D eigenvalue weighted by Gasteiger charge is -1.97. The number of hydrogen-bond donors (Lipinski definition) is 2. The lowest BCUT2D eigenvalue weighted by Crippen LogP contribution is -2.20. The zero-order valence-electron chi connectivity index (χ0n) is 7.26.